The number of unbranched alkanes of at least 4 members (excludes halogenated alkanes) is 1. The van der Waals surface area contributed by atoms with Gasteiger partial charge in [-0.1, -0.05) is 34.1 Å². The van der Waals surface area contributed by atoms with Crippen molar-refractivity contribution in [2.75, 3.05) is 19.6 Å². The van der Waals surface area contributed by atoms with E-state index in [-0.39, 0.29) is 0 Å². The van der Waals surface area contributed by atoms with Gasteiger partial charge in [0.1, 0.15) is 0 Å². The van der Waals surface area contributed by atoms with Crippen LogP contribution < -0.4 is 0 Å². The van der Waals surface area contributed by atoms with Crippen molar-refractivity contribution in [3.63, 3.8) is 0 Å². The van der Waals surface area contributed by atoms with Crippen molar-refractivity contribution in [3.8, 4) is 0 Å². The van der Waals surface area contributed by atoms with Gasteiger partial charge >= 0.3 is 0 Å². The third-order valence-corrected chi connectivity index (χ3v) is 2.49. The van der Waals surface area contributed by atoms with Crippen LogP contribution in [0.3, 0.4) is 0 Å². The van der Waals surface area contributed by atoms with E-state index in [1.54, 1.807) is 0 Å². The number of nitrogens with zero attached hydrogens (tertiary/aromatic N) is 1. The lowest BCUT2D eigenvalue weighted by Crippen LogP contribution is -2.26. The van der Waals surface area contributed by atoms with Crippen LogP contribution in [0.25, 0.3) is 0 Å². The first kappa shape index (κ1) is 13.0. The predicted octanol–water partition coefficient (Wildman–Crippen LogP) is 3.54. The second-order valence-corrected chi connectivity index (χ2v) is 3.69. The summed E-state index contributed by atoms with van der Waals surface area (Å²) in [6.07, 6.45) is 5.69. The molecule has 1 heteroatoms. The summed E-state index contributed by atoms with van der Waals surface area (Å²) in [4.78, 5) is 2.60. The van der Waals surface area contributed by atoms with Crippen LogP contribution in [0.5, 0.6) is 0 Å². The first-order valence-electron chi connectivity index (χ1n) is 6.09. The van der Waals surface area contributed by atoms with Crippen molar-refractivity contribution < 1.29 is 0 Å². The van der Waals surface area contributed by atoms with Crippen LogP contribution in [0.1, 0.15) is 53.4 Å². The number of rotatable bonds is 6. The Hall–Kier alpha value is -0.0400. The minimum atomic E-state index is 1.06. The van der Waals surface area contributed by atoms with Gasteiger partial charge in [0, 0.05) is 6.54 Å². The monoisotopic (exact) mass is 185 g/mol. The third kappa shape index (κ3) is 7.06. The predicted molar refractivity (Wildman–Crippen MR) is 61.1 cm³/mol. The fourth-order valence-corrected chi connectivity index (χ4v) is 1.43. The second kappa shape index (κ2) is 8.55. The molecule has 0 aliphatic heterocycles. The molecule has 0 radical (unpaired) electrons. The quantitative estimate of drug-likeness (QED) is 0.612. The van der Waals surface area contributed by atoms with E-state index in [1.807, 2.05) is 13.8 Å². The Morgan fingerprint density at radius 2 is 1.77 bits per heavy atom. The maximum atomic E-state index is 2.60. The molecular weight excluding hydrogens is 158 g/mol. The highest BCUT2D eigenvalue weighted by Crippen LogP contribution is 2.29. The first-order chi connectivity index (χ1) is 6.36. The summed E-state index contributed by atoms with van der Waals surface area (Å²) in [5.74, 6) is 1.06. The summed E-state index contributed by atoms with van der Waals surface area (Å²) in [5, 5.41) is 0. The molecule has 0 unspecified atom stereocenters. The molecule has 0 aromatic heterocycles. The minimum absolute atomic E-state index is 1.06. The van der Waals surface area contributed by atoms with Gasteiger partial charge in [0.2, 0.25) is 0 Å². The van der Waals surface area contributed by atoms with Crippen molar-refractivity contribution >= 4 is 0 Å². The zero-order valence-corrected chi connectivity index (χ0v) is 9.97. The zero-order chi connectivity index (χ0) is 10.1. The molecule has 1 aliphatic carbocycles. The Balaban J connectivity index is 0.000000671. The number of hydrogen-bond donors (Lipinski definition) is 0. The fourth-order valence-electron chi connectivity index (χ4n) is 1.43. The molecule has 1 aliphatic rings. The molecule has 0 amide bonds. The Bertz CT molecular complexity index is 97.3. The minimum Gasteiger partial charge on any atom is -0.303 e. The van der Waals surface area contributed by atoms with Crippen LogP contribution in [0.2, 0.25) is 0 Å². The molecule has 0 spiro atoms. The van der Waals surface area contributed by atoms with E-state index < -0.39 is 0 Å². The van der Waals surface area contributed by atoms with Gasteiger partial charge in [-0.25, -0.2) is 0 Å². The summed E-state index contributed by atoms with van der Waals surface area (Å²) in [6.45, 7) is 12.5. The Kier molecular flexibility index (Phi) is 8.53. The van der Waals surface area contributed by atoms with E-state index in [9.17, 15) is 0 Å². The molecule has 1 rings (SSSR count). The van der Waals surface area contributed by atoms with Crippen molar-refractivity contribution in [1.82, 2.24) is 4.90 Å². The van der Waals surface area contributed by atoms with E-state index in [2.05, 4.69) is 18.7 Å². The average molecular weight is 185 g/mol. The largest absolute Gasteiger partial charge is 0.303 e. The second-order valence-electron chi connectivity index (χ2n) is 3.69. The standard InChI is InChI=1S/C10H21N.C2H6/c1-3-5-8-11(4-2)9-10-6-7-10;1-2/h10H,3-9H2,1-2H3;1-2H3. The van der Waals surface area contributed by atoms with Crippen LogP contribution in [-0.4, -0.2) is 24.5 Å². The van der Waals surface area contributed by atoms with Crippen LogP contribution in [0.15, 0.2) is 0 Å². The maximum absolute atomic E-state index is 2.60. The van der Waals surface area contributed by atoms with Crippen molar-refractivity contribution in [3.05, 3.63) is 0 Å². The van der Waals surface area contributed by atoms with Crippen LogP contribution in [-0.2, 0) is 0 Å². The van der Waals surface area contributed by atoms with Crippen LogP contribution in [0, 0.1) is 5.92 Å². The SMILES string of the molecule is CC.CCCCN(CC)CC1CC1. The molecular formula is C12H27N. The molecule has 0 aromatic carbocycles. The van der Waals surface area contributed by atoms with Gasteiger partial charge in [0.05, 0.1) is 0 Å². The molecule has 0 N–H and O–H groups in total. The smallest absolute Gasteiger partial charge is 0.000954 e. The van der Waals surface area contributed by atoms with Gasteiger partial charge < -0.3 is 4.90 Å². The Morgan fingerprint density at radius 3 is 2.15 bits per heavy atom. The topological polar surface area (TPSA) is 3.24 Å². The summed E-state index contributed by atoms with van der Waals surface area (Å²) in [5.41, 5.74) is 0. The van der Waals surface area contributed by atoms with Crippen molar-refractivity contribution in [2.45, 2.75) is 53.4 Å². The van der Waals surface area contributed by atoms with E-state index in [4.69, 9.17) is 0 Å². The summed E-state index contributed by atoms with van der Waals surface area (Å²) < 4.78 is 0. The van der Waals surface area contributed by atoms with Crippen LogP contribution in [0.4, 0.5) is 0 Å². The van der Waals surface area contributed by atoms with Gasteiger partial charge in [-0.15, -0.1) is 0 Å². The van der Waals surface area contributed by atoms with E-state index in [0.717, 1.165) is 5.92 Å². The highest BCUT2D eigenvalue weighted by molar-refractivity contribution is 4.76. The highest BCUT2D eigenvalue weighted by Gasteiger charge is 2.22. The van der Waals surface area contributed by atoms with Crippen molar-refractivity contribution in [2.24, 2.45) is 5.92 Å². The normalized spacial score (nSPS) is 15.5. The van der Waals surface area contributed by atoms with E-state index in [0.29, 0.717) is 0 Å². The molecule has 1 fully saturated rings. The lowest BCUT2D eigenvalue weighted by molar-refractivity contribution is 0.272. The van der Waals surface area contributed by atoms with Gasteiger partial charge in [-0.3, -0.25) is 0 Å². The summed E-state index contributed by atoms with van der Waals surface area (Å²) >= 11 is 0. The Labute approximate surface area is 84.5 Å². The molecule has 0 bridgehead atoms. The molecule has 0 atom stereocenters. The lowest BCUT2D eigenvalue weighted by atomic mass is 10.3. The number of hydrogen-bond acceptors (Lipinski definition) is 1. The lowest BCUT2D eigenvalue weighted by Gasteiger charge is -2.19. The fraction of sp³-hybridized carbons (Fsp3) is 1.00. The third-order valence-electron chi connectivity index (χ3n) is 2.49. The van der Waals surface area contributed by atoms with E-state index >= 15 is 0 Å². The van der Waals surface area contributed by atoms with Crippen molar-refractivity contribution in [1.29, 1.82) is 0 Å². The molecule has 0 aromatic rings. The zero-order valence-electron chi connectivity index (χ0n) is 9.97. The molecule has 80 valence electrons. The molecule has 13 heavy (non-hydrogen) atoms. The summed E-state index contributed by atoms with van der Waals surface area (Å²) in [7, 11) is 0. The van der Waals surface area contributed by atoms with Gasteiger partial charge in [0.15, 0.2) is 0 Å². The van der Waals surface area contributed by atoms with Gasteiger partial charge in [-0.05, 0) is 38.3 Å². The highest BCUT2D eigenvalue weighted by atomic mass is 15.1. The summed E-state index contributed by atoms with van der Waals surface area (Å²) in [6, 6.07) is 0. The Morgan fingerprint density at radius 1 is 1.15 bits per heavy atom. The van der Waals surface area contributed by atoms with Crippen LogP contribution >= 0.6 is 0 Å². The first-order valence-corrected chi connectivity index (χ1v) is 6.09. The molecule has 0 heterocycles. The average Bonchev–Trinajstić information content (AvgIpc) is 2.99. The van der Waals surface area contributed by atoms with Gasteiger partial charge in [-0.2, -0.15) is 0 Å². The van der Waals surface area contributed by atoms with E-state index in [1.165, 1.54) is 45.3 Å². The maximum Gasteiger partial charge on any atom is 0.000954 e. The van der Waals surface area contributed by atoms with Gasteiger partial charge in [0.25, 0.3) is 0 Å². The molecule has 1 saturated carbocycles. The molecule has 1 nitrogen and oxygen atoms in total. The molecule has 0 saturated heterocycles.